The molecule has 21 heavy (non-hydrogen) atoms. The third-order valence-electron chi connectivity index (χ3n) is 2.80. The molecule has 0 fully saturated rings. The first-order valence-electron chi connectivity index (χ1n) is 5.86. The molecular formula is C14H11Br2F2NO2. The average Bonchev–Trinajstić information content (AvgIpc) is 2.43. The summed E-state index contributed by atoms with van der Waals surface area (Å²) in [5.41, 5.74) is 1.08. The molecular weight excluding hydrogens is 412 g/mol. The highest BCUT2D eigenvalue weighted by atomic mass is 79.9. The molecule has 2 N–H and O–H groups in total. The van der Waals surface area contributed by atoms with Gasteiger partial charge in [-0.1, -0.05) is 0 Å². The van der Waals surface area contributed by atoms with Gasteiger partial charge in [-0.2, -0.15) is 0 Å². The molecule has 0 aliphatic rings. The van der Waals surface area contributed by atoms with Crippen LogP contribution in [-0.2, 0) is 6.54 Å². The maximum atomic E-state index is 13.3. The maximum absolute atomic E-state index is 13.3. The number of hydrogen-bond donors (Lipinski definition) is 2. The van der Waals surface area contributed by atoms with Gasteiger partial charge in [-0.25, -0.2) is 8.78 Å². The molecule has 0 spiro atoms. The van der Waals surface area contributed by atoms with Crippen LogP contribution in [0.1, 0.15) is 5.56 Å². The highest BCUT2D eigenvalue weighted by Crippen LogP contribution is 2.34. The molecule has 0 aliphatic carbocycles. The number of aromatic hydroxyl groups is 1. The van der Waals surface area contributed by atoms with E-state index < -0.39 is 17.4 Å². The van der Waals surface area contributed by atoms with Crippen molar-refractivity contribution >= 4 is 37.5 Å². The molecule has 2 aromatic rings. The molecule has 0 bridgehead atoms. The minimum atomic E-state index is -0.987. The number of halogens is 4. The van der Waals surface area contributed by atoms with E-state index in [0.29, 0.717) is 17.0 Å². The Bertz CT molecular complexity index is 657. The second-order valence-corrected chi connectivity index (χ2v) is 5.94. The number of benzene rings is 2. The van der Waals surface area contributed by atoms with Gasteiger partial charge in [-0.05, 0) is 55.6 Å². The number of methoxy groups -OCH3 is 1. The van der Waals surface area contributed by atoms with E-state index in [4.69, 9.17) is 9.84 Å². The summed E-state index contributed by atoms with van der Waals surface area (Å²) in [4.78, 5) is 0. The Morgan fingerprint density at radius 2 is 1.71 bits per heavy atom. The van der Waals surface area contributed by atoms with E-state index in [2.05, 4.69) is 37.2 Å². The number of phenols is 1. The summed E-state index contributed by atoms with van der Waals surface area (Å²) < 4.78 is 33.3. The van der Waals surface area contributed by atoms with Gasteiger partial charge >= 0.3 is 0 Å². The quantitative estimate of drug-likeness (QED) is 0.742. The molecule has 2 rings (SSSR count). The summed E-state index contributed by atoms with van der Waals surface area (Å²) in [6, 6.07) is 5.71. The largest absolute Gasteiger partial charge is 0.503 e. The van der Waals surface area contributed by atoms with Gasteiger partial charge in [0.1, 0.15) is 5.75 Å². The first kappa shape index (κ1) is 16.0. The molecule has 112 valence electrons. The summed E-state index contributed by atoms with van der Waals surface area (Å²) in [5.74, 6) is -2.31. The van der Waals surface area contributed by atoms with E-state index in [9.17, 15) is 8.78 Å². The molecule has 0 saturated heterocycles. The van der Waals surface area contributed by atoms with Gasteiger partial charge in [0, 0.05) is 17.1 Å². The molecule has 0 radical (unpaired) electrons. The Morgan fingerprint density at radius 1 is 1.10 bits per heavy atom. The van der Waals surface area contributed by atoms with Crippen molar-refractivity contribution in [3.05, 3.63) is 50.4 Å². The Labute approximate surface area is 137 Å². The Morgan fingerprint density at radius 3 is 2.29 bits per heavy atom. The summed E-state index contributed by atoms with van der Waals surface area (Å²) >= 11 is 6.74. The number of hydrogen-bond acceptors (Lipinski definition) is 3. The van der Waals surface area contributed by atoms with Crippen molar-refractivity contribution in [2.24, 2.45) is 0 Å². The van der Waals surface area contributed by atoms with E-state index >= 15 is 0 Å². The van der Waals surface area contributed by atoms with E-state index in [0.717, 1.165) is 21.1 Å². The highest BCUT2D eigenvalue weighted by Gasteiger charge is 2.11. The average molecular weight is 423 g/mol. The molecule has 0 saturated carbocycles. The minimum absolute atomic E-state index is 0.192. The first-order valence-corrected chi connectivity index (χ1v) is 7.44. The number of rotatable bonds is 4. The van der Waals surface area contributed by atoms with Crippen molar-refractivity contribution < 1.29 is 18.6 Å². The van der Waals surface area contributed by atoms with Gasteiger partial charge in [-0.15, -0.1) is 0 Å². The third kappa shape index (κ3) is 3.65. The summed E-state index contributed by atoms with van der Waals surface area (Å²) in [5, 5.41) is 12.1. The zero-order valence-electron chi connectivity index (χ0n) is 10.9. The van der Waals surface area contributed by atoms with Gasteiger partial charge in [0.05, 0.1) is 17.3 Å². The van der Waals surface area contributed by atoms with Crippen molar-refractivity contribution in [1.82, 2.24) is 0 Å². The zero-order chi connectivity index (χ0) is 15.6. The van der Waals surface area contributed by atoms with Crippen LogP contribution in [0.5, 0.6) is 11.5 Å². The lowest BCUT2D eigenvalue weighted by molar-refractivity contribution is 0.395. The number of nitrogens with one attached hydrogen (secondary N) is 1. The molecule has 2 aromatic carbocycles. The SMILES string of the molecule is COc1cc(NCc2cc(F)c(O)c(F)c2)c(Br)cc1Br. The van der Waals surface area contributed by atoms with Crippen LogP contribution >= 0.6 is 31.9 Å². The van der Waals surface area contributed by atoms with Crippen LogP contribution in [0.4, 0.5) is 14.5 Å². The zero-order valence-corrected chi connectivity index (χ0v) is 14.1. The standard InChI is InChI=1S/C14H11Br2F2NO2/c1-21-13-5-12(8(15)4-9(13)16)19-6-7-2-10(17)14(20)11(18)3-7/h2-5,19-20H,6H2,1H3. The lowest BCUT2D eigenvalue weighted by atomic mass is 10.2. The highest BCUT2D eigenvalue weighted by molar-refractivity contribution is 9.11. The lowest BCUT2D eigenvalue weighted by Gasteiger charge is -2.12. The lowest BCUT2D eigenvalue weighted by Crippen LogP contribution is -2.02. The molecule has 0 atom stereocenters. The smallest absolute Gasteiger partial charge is 0.187 e. The van der Waals surface area contributed by atoms with Gasteiger partial charge in [-0.3, -0.25) is 0 Å². The number of ether oxygens (including phenoxy) is 1. The van der Waals surface area contributed by atoms with Crippen molar-refractivity contribution in [1.29, 1.82) is 0 Å². The van der Waals surface area contributed by atoms with Crippen molar-refractivity contribution in [2.75, 3.05) is 12.4 Å². The first-order chi connectivity index (χ1) is 9.92. The van der Waals surface area contributed by atoms with Crippen LogP contribution in [0.15, 0.2) is 33.2 Å². The third-order valence-corrected chi connectivity index (χ3v) is 4.08. The van der Waals surface area contributed by atoms with E-state index in [1.807, 2.05) is 0 Å². The maximum Gasteiger partial charge on any atom is 0.187 e. The fourth-order valence-electron chi connectivity index (χ4n) is 1.74. The molecule has 0 aromatic heterocycles. The van der Waals surface area contributed by atoms with E-state index in [1.54, 1.807) is 19.2 Å². The fraction of sp³-hybridized carbons (Fsp3) is 0.143. The van der Waals surface area contributed by atoms with Crippen molar-refractivity contribution in [3.63, 3.8) is 0 Å². The van der Waals surface area contributed by atoms with Crippen molar-refractivity contribution in [3.8, 4) is 11.5 Å². The molecule has 0 heterocycles. The fourth-order valence-corrected chi connectivity index (χ4v) is 3.03. The van der Waals surface area contributed by atoms with Gasteiger partial charge in [0.15, 0.2) is 17.4 Å². The van der Waals surface area contributed by atoms with Crippen LogP contribution in [0.25, 0.3) is 0 Å². The number of phenolic OH excluding ortho intramolecular Hbond substituents is 1. The molecule has 0 unspecified atom stereocenters. The Kier molecular flexibility index (Phi) is 5.05. The summed E-state index contributed by atoms with van der Waals surface area (Å²) in [6.07, 6.45) is 0. The summed E-state index contributed by atoms with van der Waals surface area (Å²) in [7, 11) is 1.54. The van der Waals surface area contributed by atoms with Gasteiger partial charge in [0.2, 0.25) is 0 Å². The van der Waals surface area contributed by atoms with Crippen LogP contribution < -0.4 is 10.1 Å². The second-order valence-electron chi connectivity index (χ2n) is 4.23. The van der Waals surface area contributed by atoms with Crippen LogP contribution in [0.2, 0.25) is 0 Å². The summed E-state index contributed by atoms with van der Waals surface area (Å²) in [6.45, 7) is 0.192. The van der Waals surface area contributed by atoms with E-state index in [-0.39, 0.29) is 6.54 Å². The van der Waals surface area contributed by atoms with Crippen LogP contribution in [-0.4, -0.2) is 12.2 Å². The Balaban J connectivity index is 2.20. The molecule has 0 amide bonds. The molecule has 0 aliphatic heterocycles. The molecule has 7 heteroatoms. The van der Waals surface area contributed by atoms with Crippen LogP contribution in [0.3, 0.4) is 0 Å². The van der Waals surface area contributed by atoms with Gasteiger partial charge in [0.25, 0.3) is 0 Å². The molecule has 3 nitrogen and oxygen atoms in total. The predicted octanol–water partition coefficient (Wildman–Crippen LogP) is 4.82. The van der Waals surface area contributed by atoms with E-state index in [1.165, 1.54) is 0 Å². The van der Waals surface area contributed by atoms with Gasteiger partial charge < -0.3 is 15.2 Å². The minimum Gasteiger partial charge on any atom is -0.503 e. The second kappa shape index (κ2) is 6.62. The monoisotopic (exact) mass is 421 g/mol. The predicted molar refractivity (Wildman–Crippen MR) is 83.7 cm³/mol. The normalized spacial score (nSPS) is 10.5. The number of anilines is 1. The topological polar surface area (TPSA) is 41.5 Å². The van der Waals surface area contributed by atoms with Crippen molar-refractivity contribution in [2.45, 2.75) is 6.54 Å². The Hall–Kier alpha value is -1.34. The van der Waals surface area contributed by atoms with Crippen LogP contribution in [0, 0.1) is 11.6 Å².